The van der Waals surface area contributed by atoms with Gasteiger partial charge in [-0.25, -0.2) is 0 Å². The van der Waals surface area contributed by atoms with E-state index in [1.165, 1.54) is 0 Å². The first kappa shape index (κ1) is 11.3. The van der Waals surface area contributed by atoms with Gasteiger partial charge in [0, 0.05) is 19.4 Å². The summed E-state index contributed by atoms with van der Waals surface area (Å²) in [6.45, 7) is 2.47. The van der Waals surface area contributed by atoms with Crippen LogP contribution in [0, 0.1) is 11.3 Å². The maximum absolute atomic E-state index is 11.4. The van der Waals surface area contributed by atoms with Gasteiger partial charge in [0.15, 0.2) is 5.76 Å². The summed E-state index contributed by atoms with van der Waals surface area (Å²) < 4.78 is 5.27. The summed E-state index contributed by atoms with van der Waals surface area (Å²) in [5.74, 6) is 0.925. The lowest BCUT2D eigenvalue weighted by Crippen LogP contribution is -2.23. The molecule has 4 heteroatoms. The van der Waals surface area contributed by atoms with Gasteiger partial charge in [-0.15, -0.1) is 0 Å². The van der Waals surface area contributed by atoms with E-state index in [1.54, 1.807) is 12.1 Å². The molecule has 0 unspecified atom stereocenters. The van der Waals surface area contributed by atoms with E-state index in [1.807, 2.05) is 13.0 Å². The van der Waals surface area contributed by atoms with E-state index in [0.717, 1.165) is 12.2 Å². The fourth-order valence-corrected chi connectivity index (χ4v) is 1.15. The Morgan fingerprint density at radius 3 is 3.00 bits per heavy atom. The Morgan fingerprint density at radius 1 is 1.60 bits per heavy atom. The number of rotatable bonds is 5. The van der Waals surface area contributed by atoms with Crippen molar-refractivity contribution in [3.05, 3.63) is 23.7 Å². The minimum absolute atomic E-state index is 0.215. The molecule has 0 saturated carbocycles. The third kappa shape index (κ3) is 3.47. The van der Waals surface area contributed by atoms with E-state index < -0.39 is 0 Å². The number of aryl methyl sites for hydroxylation is 1. The quantitative estimate of drug-likeness (QED) is 0.748. The summed E-state index contributed by atoms with van der Waals surface area (Å²) in [7, 11) is 0. The molecular weight excluding hydrogens is 192 g/mol. The second-order valence-electron chi connectivity index (χ2n) is 3.14. The first-order valence-electron chi connectivity index (χ1n) is 5.01. The highest BCUT2D eigenvalue weighted by molar-refractivity contribution is 5.91. The summed E-state index contributed by atoms with van der Waals surface area (Å²) in [4.78, 5) is 11.4. The Hall–Kier alpha value is -1.76. The molecule has 1 aromatic rings. The van der Waals surface area contributed by atoms with Crippen LogP contribution in [0.2, 0.25) is 0 Å². The Labute approximate surface area is 88.9 Å². The highest BCUT2D eigenvalue weighted by atomic mass is 16.3. The SMILES string of the molecule is CCc1ccc(C(=O)NCCCC#N)o1. The molecule has 0 atom stereocenters. The topological polar surface area (TPSA) is 66.0 Å². The van der Waals surface area contributed by atoms with E-state index in [4.69, 9.17) is 9.68 Å². The van der Waals surface area contributed by atoms with E-state index in [-0.39, 0.29) is 5.91 Å². The number of hydrogen-bond acceptors (Lipinski definition) is 3. The molecule has 0 radical (unpaired) electrons. The monoisotopic (exact) mass is 206 g/mol. The van der Waals surface area contributed by atoms with Crippen LogP contribution in [0.15, 0.2) is 16.5 Å². The molecule has 0 aliphatic rings. The molecule has 1 N–H and O–H groups in total. The van der Waals surface area contributed by atoms with E-state index in [2.05, 4.69) is 5.32 Å². The molecular formula is C11H14N2O2. The van der Waals surface area contributed by atoms with Crippen LogP contribution in [0.25, 0.3) is 0 Å². The largest absolute Gasteiger partial charge is 0.456 e. The molecule has 0 aliphatic heterocycles. The lowest BCUT2D eigenvalue weighted by molar-refractivity contribution is 0.0924. The number of carbonyl (C=O) groups is 1. The molecule has 1 aromatic heterocycles. The predicted octanol–water partition coefficient (Wildman–Crippen LogP) is 1.88. The third-order valence-corrected chi connectivity index (χ3v) is 1.98. The smallest absolute Gasteiger partial charge is 0.286 e. The zero-order valence-corrected chi connectivity index (χ0v) is 8.75. The van der Waals surface area contributed by atoms with Gasteiger partial charge in [0.25, 0.3) is 5.91 Å². The van der Waals surface area contributed by atoms with Gasteiger partial charge in [-0.2, -0.15) is 5.26 Å². The number of hydrogen-bond donors (Lipinski definition) is 1. The zero-order valence-electron chi connectivity index (χ0n) is 8.75. The fraction of sp³-hybridized carbons (Fsp3) is 0.455. The normalized spacial score (nSPS) is 9.60. The summed E-state index contributed by atoms with van der Waals surface area (Å²) >= 11 is 0. The van der Waals surface area contributed by atoms with Crippen LogP contribution in [-0.2, 0) is 6.42 Å². The van der Waals surface area contributed by atoms with Gasteiger partial charge < -0.3 is 9.73 Å². The van der Waals surface area contributed by atoms with Crippen LogP contribution in [0.3, 0.4) is 0 Å². The second kappa shape index (κ2) is 5.86. The lowest BCUT2D eigenvalue weighted by atomic mass is 10.3. The summed E-state index contributed by atoms with van der Waals surface area (Å²) in [6.07, 6.45) is 1.91. The first-order valence-corrected chi connectivity index (χ1v) is 5.01. The number of unbranched alkanes of at least 4 members (excludes halogenated alkanes) is 1. The van der Waals surface area contributed by atoms with Gasteiger partial charge in [0.2, 0.25) is 0 Å². The van der Waals surface area contributed by atoms with Crippen LogP contribution in [-0.4, -0.2) is 12.5 Å². The minimum Gasteiger partial charge on any atom is -0.456 e. The highest BCUT2D eigenvalue weighted by Crippen LogP contribution is 2.07. The van der Waals surface area contributed by atoms with Crippen LogP contribution in [0.1, 0.15) is 36.1 Å². The molecule has 1 heterocycles. The average Bonchev–Trinajstić information content (AvgIpc) is 2.72. The van der Waals surface area contributed by atoms with Crippen LogP contribution < -0.4 is 5.32 Å². The van der Waals surface area contributed by atoms with Gasteiger partial charge in [0.1, 0.15) is 5.76 Å². The number of furan rings is 1. The number of carbonyl (C=O) groups excluding carboxylic acids is 1. The van der Waals surface area contributed by atoms with E-state index in [0.29, 0.717) is 25.1 Å². The van der Waals surface area contributed by atoms with Crippen molar-refractivity contribution in [2.75, 3.05) is 6.54 Å². The third-order valence-electron chi connectivity index (χ3n) is 1.98. The molecule has 0 saturated heterocycles. The Bertz CT molecular complexity index is 363. The van der Waals surface area contributed by atoms with Gasteiger partial charge >= 0.3 is 0 Å². The number of nitrogens with zero attached hydrogens (tertiary/aromatic N) is 1. The highest BCUT2D eigenvalue weighted by Gasteiger charge is 2.09. The summed E-state index contributed by atoms with van der Waals surface area (Å²) in [5.41, 5.74) is 0. The van der Waals surface area contributed by atoms with Gasteiger partial charge in [-0.1, -0.05) is 6.92 Å². The molecule has 0 fully saturated rings. The summed E-state index contributed by atoms with van der Waals surface area (Å²) in [5, 5.41) is 11.0. The van der Waals surface area contributed by atoms with Gasteiger partial charge in [-0.05, 0) is 18.6 Å². The number of nitriles is 1. The van der Waals surface area contributed by atoms with Crippen molar-refractivity contribution in [1.82, 2.24) is 5.32 Å². The van der Waals surface area contributed by atoms with Crippen molar-refractivity contribution >= 4 is 5.91 Å². The molecule has 1 amide bonds. The summed E-state index contributed by atoms with van der Waals surface area (Å²) in [6, 6.07) is 5.48. The fourth-order valence-electron chi connectivity index (χ4n) is 1.15. The molecule has 80 valence electrons. The predicted molar refractivity (Wildman–Crippen MR) is 55.3 cm³/mol. The standard InChI is InChI=1S/C11H14N2O2/c1-2-9-5-6-10(15-9)11(14)13-8-4-3-7-12/h5-6H,2-4,8H2,1H3,(H,13,14). The van der Waals surface area contributed by atoms with Crippen molar-refractivity contribution in [2.45, 2.75) is 26.2 Å². The lowest BCUT2D eigenvalue weighted by Gasteiger charge is -2.00. The van der Waals surface area contributed by atoms with Gasteiger partial charge in [0.05, 0.1) is 6.07 Å². The Kier molecular flexibility index (Phi) is 4.42. The molecule has 0 spiro atoms. The second-order valence-corrected chi connectivity index (χ2v) is 3.14. The van der Waals surface area contributed by atoms with Crippen molar-refractivity contribution in [3.63, 3.8) is 0 Å². The van der Waals surface area contributed by atoms with Crippen molar-refractivity contribution in [3.8, 4) is 6.07 Å². The van der Waals surface area contributed by atoms with Crippen LogP contribution in [0.5, 0.6) is 0 Å². The van der Waals surface area contributed by atoms with Gasteiger partial charge in [-0.3, -0.25) is 4.79 Å². The Morgan fingerprint density at radius 2 is 2.40 bits per heavy atom. The number of nitrogens with one attached hydrogen (secondary N) is 1. The molecule has 15 heavy (non-hydrogen) atoms. The molecule has 4 nitrogen and oxygen atoms in total. The van der Waals surface area contributed by atoms with Crippen molar-refractivity contribution in [2.24, 2.45) is 0 Å². The molecule has 0 aliphatic carbocycles. The molecule has 0 bridgehead atoms. The minimum atomic E-state index is -0.215. The number of amides is 1. The molecule has 1 rings (SSSR count). The first-order chi connectivity index (χ1) is 7.27. The maximum atomic E-state index is 11.4. The van der Waals surface area contributed by atoms with E-state index in [9.17, 15) is 4.79 Å². The molecule has 0 aromatic carbocycles. The zero-order chi connectivity index (χ0) is 11.1. The van der Waals surface area contributed by atoms with Crippen LogP contribution in [0.4, 0.5) is 0 Å². The average molecular weight is 206 g/mol. The van der Waals surface area contributed by atoms with Crippen molar-refractivity contribution in [1.29, 1.82) is 5.26 Å². The van der Waals surface area contributed by atoms with E-state index >= 15 is 0 Å². The Balaban J connectivity index is 2.37. The van der Waals surface area contributed by atoms with Crippen molar-refractivity contribution < 1.29 is 9.21 Å². The van der Waals surface area contributed by atoms with Crippen LogP contribution >= 0.6 is 0 Å². The maximum Gasteiger partial charge on any atom is 0.286 e.